The zero-order chi connectivity index (χ0) is 13.1. The summed E-state index contributed by atoms with van der Waals surface area (Å²) in [5, 5.41) is 9.26. The Kier molecular flexibility index (Phi) is 4.50. The molecule has 1 N–H and O–H groups in total. The minimum absolute atomic E-state index is 0.0697. The molecule has 0 aromatic rings. The molecule has 102 valence electrons. The average molecular weight is 273 g/mol. The zero-order valence-corrected chi connectivity index (χ0v) is 11.3. The smallest absolute Gasteiger partial charge is 0.327 e. The van der Waals surface area contributed by atoms with Crippen LogP contribution in [0, 0.1) is 5.92 Å². The molecule has 1 aliphatic heterocycles. The molecule has 2 fully saturated rings. The van der Waals surface area contributed by atoms with E-state index in [0.29, 0.717) is 24.9 Å². The summed E-state index contributed by atoms with van der Waals surface area (Å²) in [6, 6.07) is -0.658. The number of hydrogen-bond acceptors (Lipinski definition) is 4. The van der Waals surface area contributed by atoms with Crippen molar-refractivity contribution in [2.24, 2.45) is 5.92 Å². The van der Waals surface area contributed by atoms with Crippen molar-refractivity contribution in [1.82, 2.24) is 4.90 Å². The van der Waals surface area contributed by atoms with Crippen LogP contribution in [0.1, 0.15) is 26.2 Å². The van der Waals surface area contributed by atoms with E-state index in [4.69, 9.17) is 4.74 Å². The fraction of sp³-hybridized carbons (Fsp3) is 0.833. The molecule has 0 bridgehead atoms. The van der Waals surface area contributed by atoms with Crippen LogP contribution in [0.25, 0.3) is 0 Å². The third-order valence-corrected chi connectivity index (χ3v) is 4.76. The first-order valence-corrected chi connectivity index (χ1v) is 7.43. The Morgan fingerprint density at radius 3 is 2.72 bits per heavy atom. The lowest BCUT2D eigenvalue weighted by Crippen LogP contribution is -2.46. The summed E-state index contributed by atoms with van der Waals surface area (Å²) in [6.07, 6.45) is 2.50. The normalized spacial score (nSPS) is 27.5. The fourth-order valence-corrected chi connectivity index (χ4v) is 3.86. The number of nitrogens with zero attached hydrogens (tertiary/aromatic N) is 1. The standard InChI is InChI=1S/C12H19NO4S/c1-2-17-6-5-10(14)13-9(12(15)16)7-18-11(13)8-3-4-8/h8-9,11H,2-7H2,1H3,(H,15,16). The van der Waals surface area contributed by atoms with Gasteiger partial charge in [-0.25, -0.2) is 4.79 Å². The van der Waals surface area contributed by atoms with Gasteiger partial charge in [-0.05, 0) is 25.7 Å². The van der Waals surface area contributed by atoms with E-state index in [1.807, 2.05) is 6.92 Å². The van der Waals surface area contributed by atoms with E-state index < -0.39 is 12.0 Å². The molecular weight excluding hydrogens is 254 g/mol. The van der Waals surface area contributed by atoms with Crippen LogP contribution in [-0.4, -0.2) is 52.3 Å². The lowest BCUT2D eigenvalue weighted by Gasteiger charge is -2.27. The molecule has 0 spiro atoms. The molecule has 1 heterocycles. The van der Waals surface area contributed by atoms with Gasteiger partial charge in [-0.2, -0.15) is 0 Å². The second-order valence-corrected chi connectivity index (χ2v) is 5.81. The van der Waals surface area contributed by atoms with Crippen molar-refractivity contribution < 1.29 is 19.4 Å². The fourth-order valence-electron chi connectivity index (χ4n) is 2.21. The van der Waals surface area contributed by atoms with Crippen LogP contribution in [0.15, 0.2) is 0 Å². The van der Waals surface area contributed by atoms with E-state index in [9.17, 15) is 14.7 Å². The van der Waals surface area contributed by atoms with Gasteiger partial charge in [-0.1, -0.05) is 0 Å². The molecule has 18 heavy (non-hydrogen) atoms. The predicted molar refractivity (Wildman–Crippen MR) is 68.3 cm³/mol. The van der Waals surface area contributed by atoms with E-state index in [0.717, 1.165) is 12.8 Å². The summed E-state index contributed by atoms with van der Waals surface area (Å²) in [4.78, 5) is 24.9. The highest BCUT2D eigenvalue weighted by Gasteiger charge is 2.47. The summed E-state index contributed by atoms with van der Waals surface area (Å²) >= 11 is 1.61. The van der Waals surface area contributed by atoms with E-state index in [1.165, 1.54) is 0 Å². The second kappa shape index (κ2) is 5.93. The first-order valence-electron chi connectivity index (χ1n) is 6.38. The highest BCUT2D eigenvalue weighted by atomic mass is 32.2. The minimum atomic E-state index is -0.893. The van der Waals surface area contributed by atoms with Gasteiger partial charge in [-0.15, -0.1) is 11.8 Å². The van der Waals surface area contributed by atoms with Crippen LogP contribution in [0.4, 0.5) is 0 Å². The average Bonchev–Trinajstić information content (AvgIpc) is 3.07. The van der Waals surface area contributed by atoms with E-state index in [1.54, 1.807) is 16.7 Å². The Labute approximate surface area is 111 Å². The summed E-state index contributed by atoms with van der Waals surface area (Å²) in [6.45, 7) is 2.83. The number of rotatable bonds is 6. The van der Waals surface area contributed by atoms with Gasteiger partial charge in [0, 0.05) is 12.4 Å². The van der Waals surface area contributed by atoms with Crippen LogP contribution in [0.3, 0.4) is 0 Å². The number of ether oxygens (including phenoxy) is 1. The third-order valence-electron chi connectivity index (χ3n) is 3.30. The van der Waals surface area contributed by atoms with Gasteiger partial charge in [0.05, 0.1) is 18.4 Å². The Morgan fingerprint density at radius 2 is 2.17 bits per heavy atom. The molecule has 0 aromatic carbocycles. The maximum Gasteiger partial charge on any atom is 0.327 e. The van der Waals surface area contributed by atoms with Crippen molar-refractivity contribution in [3.63, 3.8) is 0 Å². The van der Waals surface area contributed by atoms with Gasteiger partial charge >= 0.3 is 5.97 Å². The van der Waals surface area contributed by atoms with Crippen LogP contribution in [0.5, 0.6) is 0 Å². The van der Waals surface area contributed by atoms with Crippen molar-refractivity contribution in [2.75, 3.05) is 19.0 Å². The Hall–Kier alpha value is -0.750. The maximum absolute atomic E-state index is 12.1. The lowest BCUT2D eigenvalue weighted by atomic mass is 10.2. The first kappa shape index (κ1) is 13.7. The van der Waals surface area contributed by atoms with Crippen LogP contribution in [0.2, 0.25) is 0 Å². The van der Waals surface area contributed by atoms with Crippen LogP contribution < -0.4 is 0 Å². The largest absolute Gasteiger partial charge is 0.480 e. The van der Waals surface area contributed by atoms with Gasteiger partial charge in [0.1, 0.15) is 6.04 Å². The topological polar surface area (TPSA) is 66.8 Å². The Balaban J connectivity index is 1.98. The SMILES string of the molecule is CCOCCC(=O)N1C(C(=O)O)CSC1C1CC1. The molecule has 2 atom stereocenters. The van der Waals surface area contributed by atoms with Crippen molar-refractivity contribution >= 4 is 23.6 Å². The summed E-state index contributed by atoms with van der Waals surface area (Å²) < 4.78 is 5.17. The van der Waals surface area contributed by atoms with Crippen molar-refractivity contribution in [3.05, 3.63) is 0 Å². The summed E-state index contributed by atoms with van der Waals surface area (Å²) in [7, 11) is 0. The van der Waals surface area contributed by atoms with Gasteiger partial charge in [0.15, 0.2) is 0 Å². The number of carboxylic acids is 1. The number of carbonyl (C=O) groups excluding carboxylic acids is 1. The highest BCUT2D eigenvalue weighted by Crippen LogP contribution is 2.45. The van der Waals surface area contributed by atoms with E-state index in [-0.39, 0.29) is 17.7 Å². The Morgan fingerprint density at radius 1 is 1.44 bits per heavy atom. The molecule has 2 aliphatic rings. The molecule has 1 amide bonds. The first-order chi connectivity index (χ1) is 8.65. The molecular formula is C12H19NO4S. The van der Waals surface area contributed by atoms with E-state index >= 15 is 0 Å². The third kappa shape index (κ3) is 2.98. The number of aliphatic carboxylic acids is 1. The number of thioether (sulfide) groups is 1. The molecule has 6 heteroatoms. The minimum Gasteiger partial charge on any atom is -0.480 e. The predicted octanol–water partition coefficient (Wildman–Crippen LogP) is 1.18. The van der Waals surface area contributed by atoms with Gasteiger partial charge in [-0.3, -0.25) is 4.79 Å². The molecule has 0 radical (unpaired) electrons. The van der Waals surface area contributed by atoms with Crippen LogP contribution >= 0.6 is 11.8 Å². The molecule has 0 aromatic heterocycles. The monoisotopic (exact) mass is 273 g/mol. The number of hydrogen-bond donors (Lipinski definition) is 1. The molecule has 1 aliphatic carbocycles. The number of carboxylic acid groups (broad SMARTS) is 1. The quantitative estimate of drug-likeness (QED) is 0.736. The molecule has 1 saturated carbocycles. The zero-order valence-electron chi connectivity index (χ0n) is 10.5. The summed E-state index contributed by atoms with van der Waals surface area (Å²) in [5.41, 5.74) is 0. The Bertz CT molecular complexity index is 332. The van der Waals surface area contributed by atoms with E-state index in [2.05, 4.69) is 0 Å². The molecule has 1 saturated heterocycles. The highest BCUT2D eigenvalue weighted by molar-refractivity contribution is 8.00. The number of amides is 1. The molecule has 2 rings (SSSR count). The van der Waals surface area contributed by atoms with Crippen LogP contribution in [-0.2, 0) is 14.3 Å². The molecule has 2 unspecified atom stereocenters. The molecule has 5 nitrogen and oxygen atoms in total. The van der Waals surface area contributed by atoms with Crippen molar-refractivity contribution in [3.8, 4) is 0 Å². The van der Waals surface area contributed by atoms with Gasteiger partial charge in [0.2, 0.25) is 5.91 Å². The maximum atomic E-state index is 12.1. The number of carbonyl (C=O) groups is 2. The lowest BCUT2D eigenvalue weighted by molar-refractivity contribution is -0.149. The van der Waals surface area contributed by atoms with Gasteiger partial charge < -0.3 is 14.7 Å². The van der Waals surface area contributed by atoms with Gasteiger partial charge in [0.25, 0.3) is 0 Å². The van der Waals surface area contributed by atoms with Crippen molar-refractivity contribution in [1.29, 1.82) is 0 Å². The summed E-state index contributed by atoms with van der Waals surface area (Å²) in [5.74, 6) is 0.0280. The van der Waals surface area contributed by atoms with Crippen molar-refractivity contribution in [2.45, 2.75) is 37.6 Å². The second-order valence-electron chi connectivity index (χ2n) is 4.66.